The van der Waals surface area contributed by atoms with Gasteiger partial charge in [-0.1, -0.05) is 178 Å². The van der Waals surface area contributed by atoms with Crippen LogP contribution >= 0.6 is 0 Å². The highest BCUT2D eigenvalue weighted by atomic mass is 15.1. The van der Waals surface area contributed by atoms with Gasteiger partial charge in [0.1, 0.15) is 0 Å². The van der Waals surface area contributed by atoms with Crippen LogP contribution in [0, 0.1) is 0 Å². The fraction of sp³-hybridized carbons (Fsp3) is 0.0714. The maximum absolute atomic E-state index is 5.46. The molecule has 10 aromatic rings. The van der Waals surface area contributed by atoms with Crippen molar-refractivity contribution < 1.29 is 0 Å². The lowest BCUT2D eigenvalue weighted by molar-refractivity contribution is 0.590. The molecule has 0 aliphatic carbocycles. The molecular weight excluding hydrogens is 715 g/mol. The smallest absolute Gasteiger partial charge is 0.0979 e. The van der Waals surface area contributed by atoms with Crippen molar-refractivity contribution in [3.63, 3.8) is 0 Å². The summed E-state index contributed by atoms with van der Waals surface area (Å²) in [5.41, 5.74) is 15.2. The lowest BCUT2D eigenvalue weighted by Crippen LogP contribution is -2.10. The minimum absolute atomic E-state index is 0.127. The van der Waals surface area contributed by atoms with Crippen molar-refractivity contribution in [2.24, 2.45) is 0 Å². The Kier molecular flexibility index (Phi) is 9.07. The Hall–Kier alpha value is -7.36. The van der Waals surface area contributed by atoms with E-state index in [1.54, 1.807) is 0 Å². The molecule has 0 amide bonds. The standard InChI is InChI=1S/C56H43N3/c1-56(2,3)46-30-23-38(24-31-46)39-25-32-48(33-26-39)59(47-17-11-6-12-18-47)49-34-27-40(28-35-49)45-22-20-41-19-21-42-29-36-51-55(52(42)50(41)37-45)58-54(44-15-9-5-10-16-44)53(57-51)43-13-7-4-8-14-43/h4-37H,1-3H3. The number of anilines is 3. The van der Waals surface area contributed by atoms with Crippen molar-refractivity contribution in [3.8, 4) is 44.8 Å². The molecule has 0 radical (unpaired) electrons. The Morgan fingerprint density at radius 3 is 1.39 bits per heavy atom. The van der Waals surface area contributed by atoms with Gasteiger partial charge in [0, 0.05) is 33.6 Å². The van der Waals surface area contributed by atoms with Crippen molar-refractivity contribution in [1.82, 2.24) is 9.97 Å². The quantitative estimate of drug-likeness (QED) is 0.152. The molecule has 3 nitrogen and oxygen atoms in total. The van der Waals surface area contributed by atoms with Crippen molar-refractivity contribution in [2.45, 2.75) is 26.2 Å². The Morgan fingerprint density at radius 1 is 0.373 bits per heavy atom. The molecule has 9 aromatic carbocycles. The third kappa shape index (κ3) is 6.91. The van der Waals surface area contributed by atoms with E-state index in [0.717, 1.165) is 77.9 Å². The van der Waals surface area contributed by atoms with Gasteiger partial charge < -0.3 is 4.90 Å². The van der Waals surface area contributed by atoms with Crippen LogP contribution in [0.2, 0.25) is 0 Å². The van der Waals surface area contributed by atoms with E-state index in [-0.39, 0.29) is 5.41 Å². The summed E-state index contributed by atoms with van der Waals surface area (Å²) in [6.07, 6.45) is 0. The summed E-state index contributed by atoms with van der Waals surface area (Å²) >= 11 is 0. The number of hydrogen-bond acceptors (Lipinski definition) is 3. The molecule has 0 spiro atoms. The maximum Gasteiger partial charge on any atom is 0.0979 e. The van der Waals surface area contributed by atoms with Crippen LogP contribution in [0.3, 0.4) is 0 Å². The van der Waals surface area contributed by atoms with Gasteiger partial charge in [0.05, 0.1) is 22.4 Å². The Morgan fingerprint density at radius 2 is 0.814 bits per heavy atom. The van der Waals surface area contributed by atoms with Crippen molar-refractivity contribution in [1.29, 1.82) is 0 Å². The van der Waals surface area contributed by atoms with Gasteiger partial charge in [0.15, 0.2) is 0 Å². The molecule has 0 bridgehead atoms. The first-order valence-electron chi connectivity index (χ1n) is 20.3. The summed E-state index contributed by atoms with van der Waals surface area (Å²) in [4.78, 5) is 13.1. The second-order valence-electron chi connectivity index (χ2n) is 16.3. The van der Waals surface area contributed by atoms with Gasteiger partial charge in [-0.15, -0.1) is 0 Å². The van der Waals surface area contributed by atoms with Crippen molar-refractivity contribution in [2.75, 3.05) is 4.90 Å². The topological polar surface area (TPSA) is 29.0 Å². The number of para-hydroxylation sites is 1. The first kappa shape index (κ1) is 36.0. The van der Waals surface area contributed by atoms with E-state index in [2.05, 4.69) is 220 Å². The van der Waals surface area contributed by atoms with Gasteiger partial charge in [-0.2, -0.15) is 0 Å². The average Bonchev–Trinajstić information content (AvgIpc) is 3.29. The molecule has 10 rings (SSSR count). The maximum atomic E-state index is 5.46. The molecule has 1 heterocycles. The molecule has 0 saturated carbocycles. The van der Waals surface area contributed by atoms with Gasteiger partial charge >= 0.3 is 0 Å². The number of aromatic nitrogens is 2. The van der Waals surface area contributed by atoms with Crippen LogP contribution in [0.4, 0.5) is 17.1 Å². The van der Waals surface area contributed by atoms with Crippen LogP contribution in [-0.4, -0.2) is 9.97 Å². The summed E-state index contributed by atoms with van der Waals surface area (Å²) in [7, 11) is 0. The largest absolute Gasteiger partial charge is 0.311 e. The normalized spacial score (nSPS) is 11.6. The van der Waals surface area contributed by atoms with Crippen LogP contribution in [0.25, 0.3) is 77.3 Å². The predicted molar refractivity (Wildman–Crippen MR) is 250 cm³/mol. The lowest BCUT2D eigenvalue weighted by Gasteiger charge is -2.26. The highest BCUT2D eigenvalue weighted by Crippen LogP contribution is 2.40. The monoisotopic (exact) mass is 757 g/mol. The summed E-state index contributed by atoms with van der Waals surface area (Å²) in [5, 5.41) is 4.59. The summed E-state index contributed by atoms with van der Waals surface area (Å²) in [5.74, 6) is 0. The van der Waals surface area contributed by atoms with E-state index in [1.807, 2.05) is 12.1 Å². The Bertz CT molecular complexity index is 3080. The molecule has 59 heavy (non-hydrogen) atoms. The third-order valence-corrected chi connectivity index (χ3v) is 11.4. The van der Waals surface area contributed by atoms with Crippen molar-refractivity contribution in [3.05, 3.63) is 212 Å². The molecule has 1 aromatic heterocycles. The number of nitrogens with zero attached hydrogens (tertiary/aromatic N) is 3. The Labute approximate surface area is 345 Å². The minimum Gasteiger partial charge on any atom is -0.311 e. The van der Waals surface area contributed by atoms with Crippen LogP contribution in [0.1, 0.15) is 26.3 Å². The highest BCUT2D eigenvalue weighted by Gasteiger charge is 2.18. The van der Waals surface area contributed by atoms with E-state index in [0.29, 0.717) is 0 Å². The average molecular weight is 758 g/mol. The van der Waals surface area contributed by atoms with Gasteiger partial charge in [-0.25, -0.2) is 9.97 Å². The molecule has 0 aliphatic rings. The number of rotatable bonds is 7. The fourth-order valence-corrected chi connectivity index (χ4v) is 8.22. The van der Waals surface area contributed by atoms with Gasteiger partial charge in [0.2, 0.25) is 0 Å². The molecular formula is C56H43N3. The van der Waals surface area contributed by atoms with E-state index in [4.69, 9.17) is 9.97 Å². The molecule has 0 aliphatic heterocycles. The zero-order valence-electron chi connectivity index (χ0n) is 33.5. The summed E-state index contributed by atoms with van der Waals surface area (Å²) < 4.78 is 0. The molecule has 0 unspecified atom stereocenters. The summed E-state index contributed by atoms with van der Waals surface area (Å²) in [6, 6.07) is 73.7. The molecule has 282 valence electrons. The molecule has 0 saturated heterocycles. The van der Waals surface area contributed by atoms with Gasteiger partial charge in [0.25, 0.3) is 0 Å². The first-order valence-corrected chi connectivity index (χ1v) is 20.3. The zero-order valence-corrected chi connectivity index (χ0v) is 33.5. The molecule has 0 N–H and O–H groups in total. The van der Waals surface area contributed by atoms with Gasteiger partial charge in [-0.3, -0.25) is 0 Å². The van der Waals surface area contributed by atoms with E-state index >= 15 is 0 Å². The number of fused-ring (bicyclic) bond motifs is 5. The zero-order chi connectivity index (χ0) is 39.9. The van der Waals surface area contributed by atoms with Crippen molar-refractivity contribution >= 4 is 49.6 Å². The van der Waals surface area contributed by atoms with Crippen LogP contribution in [0.5, 0.6) is 0 Å². The third-order valence-electron chi connectivity index (χ3n) is 11.4. The SMILES string of the molecule is CC(C)(C)c1ccc(-c2ccc(N(c3ccccc3)c3ccc(-c4ccc5ccc6ccc7nc(-c8ccccc8)c(-c8ccccc8)nc7c6c5c4)cc3)cc2)cc1. The number of hydrogen-bond donors (Lipinski definition) is 0. The van der Waals surface area contributed by atoms with E-state index in [1.165, 1.54) is 22.1 Å². The second-order valence-corrected chi connectivity index (χ2v) is 16.3. The van der Waals surface area contributed by atoms with Crippen LogP contribution in [0.15, 0.2) is 206 Å². The van der Waals surface area contributed by atoms with Gasteiger partial charge in [-0.05, 0) is 97.9 Å². The highest BCUT2D eigenvalue weighted by molar-refractivity contribution is 6.19. The molecule has 0 fully saturated rings. The first-order chi connectivity index (χ1) is 28.9. The molecule has 3 heteroatoms. The second kappa shape index (κ2) is 14.9. The Balaban J connectivity index is 1.04. The fourth-order valence-electron chi connectivity index (χ4n) is 8.22. The lowest BCUT2D eigenvalue weighted by atomic mass is 9.86. The van der Waals surface area contributed by atoms with E-state index in [9.17, 15) is 0 Å². The van der Waals surface area contributed by atoms with Crippen LogP contribution in [-0.2, 0) is 5.41 Å². The summed E-state index contributed by atoms with van der Waals surface area (Å²) in [6.45, 7) is 6.76. The van der Waals surface area contributed by atoms with E-state index < -0.39 is 0 Å². The number of benzene rings is 9. The van der Waals surface area contributed by atoms with Crippen LogP contribution < -0.4 is 4.90 Å². The minimum atomic E-state index is 0.127. The molecule has 0 atom stereocenters. The predicted octanol–water partition coefficient (Wildman–Crippen LogP) is 15.4.